The van der Waals surface area contributed by atoms with Gasteiger partial charge in [-0.25, -0.2) is 0 Å². The molecule has 0 aromatic heterocycles. The van der Waals surface area contributed by atoms with Crippen molar-refractivity contribution in [2.45, 2.75) is 12.8 Å². The molecule has 1 aliphatic heterocycles. The van der Waals surface area contributed by atoms with Crippen LogP contribution in [0.5, 0.6) is 0 Å². The molecule has 14 heavy (non-hydrogen) atoms. The van der Waals surface area contributed by atoms with Crippen molar-refractivity contribution in [1.82, 2.24) is 0 Å². The Morgan fingerprint density at radius 1 is 1.36 bits per heavy atom. The SMILES string of the molecule is CC1=CCOCC1c1ccccc1N. The molecule has 2 N–H and O–H groups in total. The Morgan fingerprint density at radius 3 is 2.86 bits per heavy atom. The van der Waals surface area contributed by atoms with E-state index in [1.807, 2.05) is 18.2 Å². The van der Waals surface area contributed by atoms with Crippen LogP contribution < -0.4 is 5.73 Å². The Bertz CT molecular complexity index is 357. The fourth-order valence-electron chi connectivity index (χ4n) is 1.81. The van der Waals surface area contributed by atoms with Gasteiger partial charge < -0.3 is 10.5 Å². The average molecular weight is 189 g/mol. The first kappa shape index (κ1) is 9.28. The number of anilines is 1. The lowest BCUT2D eigenvalue weighted by Gasteiger charge is -2.23. The molecular weight excluding hydrogens is 174 g/mol. The van der Waals surface area contributed by atoms with E-state index in [1.165, 1.54) is 11.1 Å². The number of hydrogen-bond donors (Lipinski definition) is 1. The van der Waals surface area contributed by atoms with Gasteiger partial charge in [0.05, 0.1) is 13.2 Å². The fraction of sp³-hybridized carbons (Fsp3) is 0.333. The van der Waals surface area contributed by atoms with E-state index in [-0.39, 0.29) is 0 Å². The van der Waals surface area contributed by atoms with Crippen molar-refractivity contribution in [3.8, 4) is 0 Å². The number of para-hydroxylation sites is 1. The van der Waals surface area contributed by atoms with Gasteiger partial charge in [-0.15, -0.1) is 0 Å². The fourth-order valence-corrected chi connectivity index (χ4v) is 1.81. The van der Waals surface area contributed by atoms with Crippen LogP contribution in [0.3, 0.4) is 0 Å². The standard InChI is InChI=1S/C12H15NO/c1-9-6-7-14-8-11(9)10-4-2-3-5-12(10)13/h2-6,11H,7-8,13H2,1H3. The third-order valence-electron chi connectivity index (χ3n) is 2.73. The van der Waals surface area contributed by atoms with Crippen LogP contribution in [0, 0.1) is 0 Å². The molecule has 0 amide bonds. The first-order valence-corrected chi connectivity index (χ1v) is 4.88. The maximum Gasteiger partial charge on any atom is 0.0650 e. The molecular formula is C12H15NO. The molecule has 1 aromatic carbocycles. The van der Waals surface area contributed by atoms with Crippen molar-refractivity contribution in [2.24, 2.45) is 0 Å². The van der Waals surface area contributed by atoms with Gasteiger partial charge in [0.15, 0.2) is 0 Å². The minimum Gasteiger partial charge on any atom is -0.398 e. The molecule has 2 nitrogen and oxygen atoms in total. The van der Waals surface area contributed by atoms with Crippen LogP contribution in [-0.2, 0) is 4.74 Å². The van der Waals surface area contributed by atoms with Crippen LogP contribution in [0.15, 0.2) is 35.9 Å². The molecule has 0 saturated carbocycles. The van der Waals surface area contributed by atoms with Gasteiger partial charge in [0, 0.05) is 11.6 Å². The highest BCUT2D eigenvalue weighted by molar-refractivity contribution is 5.51. The molecule has 2 heteroatoms. The first-order chi connectivity index (χ1) is 6.79. The summed E-state index contributed by atoms with van der Waals surface area (Å²) in [5.41, 5.74) is 9.33. The molecule has 1 heterocycles. The van der Waals surface area contributed by atoms with Gasteiger partial charge in [-0.2, -0.15) is 0 Å². The Balaban J connectivity index is 2.35. The van der Waals surface area contributed by atoms with Gasteiger partial charge >= 0.3 is 0 Å². The summed E-state index contributed by atoms with van der Waals surface area (Å²) in [4.78, 5) is 0. The Labute approximate surface area is 84.4 Å². The minimum absolute atomic E-state index is 0.338. The largest absolute Gasteiger partial charge is 0.398 e. The summed E-state index contributed by atoms with van der Waals surface area (Å²) in [5, 5.41) is 0. The van der Waals surface area contributed by atoms with Gasteiger partial charge in [0.1, 0.15) is 0 Å². The first-order valence-electron chi connectivity index (χ1n) is 4.88. The minimum atomic E-state index is 0.338. The number of ether oxygens (including phenoxy) is 1. The van der Waals surface area contributed by atoms with Gasteiger partial charge in [-0.1, -0.05) is 29.8 Å². The molecule has 74 valence electrons. The second kappa shape index (κ2) is 3.84. The normalized spacial score (nSPS) is 21.8. The highest BCUT2D eigenvalue weighted by atomic mass is 16.5. The topological polar surface area (TPSA) is 35.2 Å². The Kier molecular flexibility index (Phi) is 2.55. The van der Waals surface area contributed by atoms with Crippen LogP contribution in [0.2, 0.25) is 0 Å². The van der Waals surface area contributed by atoms with Crippen molar-refractivity contribution in [3.05, 3.63) is 41.5 Å². The van der Waals surface area contributed by atoms with Crippen molar-refractivity contribution in [1.29, 1.82) is 0 Å². The molecule has 0 saturated heterocycles. The van der Waals surface area contributed by atoms with Crippen LogP contribution in [0.25, 0.3) is 0 Å². The maximum absolute atomic E-state index is 5.93. The third kappa shape index (κ3) is 1.66. The summed E-state index contributed by atoms with van der Waals surface area (Å²) in [7, 11) is 0. The third-order valence-corrected chi connectivity index (χ3v) is 2.73. The van der Waals surface area contributed by atoms with E-state index in [0.717, 1.165) is 18.9 Å². The summed E-state index contributed by atoms with van der Waals surface area (Å²) < 4.78 is 5.43. The molecule has 1 aliphatic rings. The zero-order chi connectivity index (χ0) is 9.97. The predicted molar refractivity (Wildman–Crippen MR) is 58.2 cm³/mol. The quantitative estimate of drug-likeness (QED) is 0.543. The number of nitrogen functional groups attached to an aromatic ring is 1. The van der Waals surface area contributed by atoms with Gasteiger partial charge in [0.2, 0.25) is 0 Å². The van der Waals surface area contributed by atoms with E-state index in [1.54, 1.807) is 0 Å². The Hall–Kier alpha value is -1.28. The zero-order valence-corrected chi connectivity index (χ0v) is 8.36. The van der Waals surface area contributed by atoms with Crippen LogP contribution >= 0.6 is 0 Å². The summed E-state index contributed by atoms with van der Waals surface area (Å²) >= 11 is 0. The summed E-state index contributed by atoms with van der Waals surface area (Å²) in [5.74, 6) is 0.338. The average Bonchev–Trinajstić information content (AvgIpc) is 2.20. The smallest absolute Gasteiger partial charge is 0.0650 e. The lowest BCUT2D eigenvalue weighted by Crippen LogP contribution is -2.16. The van der Waals surface area contributed by atoms with Crippen molar-refractivity contribution < 1.29 is 4.74 Å². The second-order valence-corrected chi connectivity index (χ2v) is 3.67. The second-order valence-electron chi connectivity index (χ2n) is 3.67. The molecule has 0 aliphatic carbocycles. The van der Waals surface area contributed by atoms with Gasteiger partial charge in [-0.3, -0.25) is 0 Å². The van der Waals surface area contributed by atoms with E-state index < -0.39 is 0 Å². The molecule has 1 aromatic rings. The van der Waals surface area contributed by atoms with E-state index in [0.29, 0.717) is 5.92 Å². The molecule has 0 bridgehead atoms. The summed E-state index contributed by atoms with van der Waals surface area (Å²) in [6.07, 6.45) is 2.13. The van der Waals surface area contributed by atoms with E-state index in [9.17, 15) is 0 Å². The van der Waals surface area contributed by atoms with Gasteiger partial charge in [-0.05, 0) is 18.6 Å². The van der Waals surface area contributed by atoms with E-state index in [2.05, 4.69) is 19.1 Å². The van der Waals surface area contributed by atoms with Crippen LogP contribution in [0.1, 0.15) is 18.4 Å². The van der Waals surface area contributed by atoms with Crippen molar-refractivity contribution in [2.75, 3.05) is 18.9 Å². The number of hydrogen-bond acceptors (Lipinski definition) is 2. The van der Waals surface area contributed by atoms with Crippen LogP contribution in [-0.4, -0.2) is 13.2 Å². The zero-order valence-electron chi connectivity index (χ0n) is 8.36. The molecule has 1 unspecified atom stereocenters. The summed E-state index contributed by atoms with van der Waals surface area (Å²) in [6, 6.07) is 8.00. The lowest BCUT2D eigenvalue weighted by atomic mass is 9.90. The van der Waals surface area contributed by atoms with Crippen molar-refractivity contribution in [3.63, 3.8) is 0 Å². The maximum atomic E-state index is 5.93. The number of rotatable bonds is 1. The lowest BCUT2D eigenvalue weighted by molar-refractivity contribution is 0.141. The van der Waals surface area contributed by atoms with Crippen LogP contribution in [0.4, 0.5) is 5.69 Å². The molecule has 1 atom stereocenters. The molecule has 0 radical (unpaired) electrons. The number of benzene rings is 1. The summed E-state index contributed by atoms with van der Waals surface area (Å²) in [6.45, 7) is 3.62. The van der Waals surface area contributed by atoms with Crippen molar-refractivity contribution >= 4 is 5.69 Å². The number of nitrogens with two attached hydrogens (primary N) is 1. The van der Waals surface area contributed by atoms with Gasteiger partial charge in [0.25, 0.3) is 0 Å². The van der Waals surface area contributed by atoms with E-state index in [4.69, 9.17) is 10.5 Å². The highest BCUT2D eigenvalue weighted by Crippen LogP contribution is 2.30. The highest BCUT2D eigenvalue weighted by Gasteiger charge is 2.18. The monoisotopic (exact) mass is 189 g/mol. The molecule has 0 spiro atoms. The predicted octanol–water partition coefficient (Wildman–Crippen LogP) is 2.33. The van der Waals surface area contributed by atoms with E-state index >= 15 is 0 Å². The molecule has 0 fully saturated rings. The Morgan fingerprint density at radius 2 is 2.14 bits per heavy atom. The molecule has 2 rings (SSSR count).